The standard InChI is InChI=1S/C3H8N2O2/c1-2-3(4)5(6)7/h2,4H2,1H3,(H,6,7). The van der Waals surface area contributed by atoms with Crippen molar-refractivity contribution in [2.24, 2.45) is 5.73 Å². The summed E-state index contributed by atoms with van der Waals surface area (Å²) in [6.07, 6.45) is 0.375. The summed E-state index contributed by atoms with van der Waals surface area (Å²) < 4.78 is 0. The SMILES string of the molecule is CCC(N)=[N+]([O-])O. The zero-order valence-corrected chi connectivity index (χ0v) is 4.09. The molecule has 0 bridgehead atoms. The van der Waals surface area contributed by atoms with Crippen LogP contribution >= 0.6 is 0 Å². The van der Waals surface area contributed by atoms with Gasteiger partial charge in [-0.25, -0.2) is 0 Å². The van der Waals surface area contributed by atoms with Crippen LogP contribution < -0.4 is 5.73 Å². The topological polar surface area (TPSA) is 72.3 Å². The smallest absolute Gasteiger partial charge is 0.287 e. The Morgan fingerprint density at radius 1 is 2.00 bits per heavy atom. The Kier molecular flexibility index (Phi) is 1.98. The van der Waals surface area contributed by atoms with Gasteiger partial charge in [0.15, 0.2) is 0 Å². The highest BCUT2D eigenvalue weighted by atomic mass is 16.8. The van der Waals surface area contributed by atoms with Gasteiger partial charge in [-0.2, -0.15) is 0 Å². The Morgan fingerprint density at radius 3 is 2.43 bits per heavy atom. The molecule has 0 spiro atoms. The molecule has 3 N–H and O–H groups in total. The van der Waals surface area contributed by atoms with Crippen LogP contribution in [0, 0.1) is 5.21 Å². The van der Waals surface area contributed by atoms with Gasteiger partial charge < -0.3 is 10.4 Å². The van der Waals surface area contributed by atoms with Crippen molar-refractivity contribution in [3.05, 3.63) is 5.21 Å². The van der Waals surface area contributed by atoms with Crippen LogP contribution in [-0.4, -0.2) is 15.9 Å². The minimum Gasteiger partial charge on any atom is -0.491 e. The summed E-state index contributed by atoms with van der Waals surface area (Å²) in [5, 5.41) is 17.6. The minimum atomic E-state index is -0.333. The number of amidine groups is 1. The molecule has 0 fully saturated rings. The Labute approximate surface area is 41.4 Å². The van der Waals surface area contributed by atoms with Gasteiger partial charge in [0.05, 0.1) is 0 Å². The van der Waals surface area contributed by atoms with Gasteiger partial charge in [-0.1, -0.05) is 11.8 Å². The molecule has 0 heterocycles. The lowest BCUT2D eigenvalue weighted by atomic mass is 10.5. The molecule has 0 aliphatic rings. The van der Waals surface area contributed by atoms with E-state index in [2.05, 4.69) is 0 Å². The third-order valence-electron chi connectivity index (χ3n) is 0.608. The van der Waals surface area contributed by atoms with Crippen LogP contribution in [-0.2, 0) is 0 Å². The van der Waals surface area contributed by atoms with E-state index in [0.717, 1.165) is 0 Å². The van der Waals surface area contributed by atoms with E-state index in [-0.39, 0.29) is 10.7 Å². The second-order valence-corrected chi connectivity index (χ2v) is 1.12. The van der Waals surface area contributed by atoms with E-state index in [1.54, 1.807) is 6.92 Å². The van der Waals surface area contributed by atoms with E-state index in [1.807, 2.05) is 0 Å². The molecule has 0 aliphatic carbocycles. The van der Waals surface area contributed by atoms with E-state index in [1.165, 1.54) is 0 Å². The van der Waals surface area contributed by atoms with E-state index in [0.29, 0.717) is 6.42 Å². The monoisotopic (exact) mass is 104 g/mol. The van der Waals surface area contributed by atoms with E-state index >= 15 is 0 Å². The van der Waals surface area contributed by atoms with Gasteiger partial charge >= 0.3 is 0 Å². The molecule has 4 nitrogen and oxygen atoms in total. The number of hydrogen-bond acceptors (Lipinski definition) is 2. The summed E-state index contributed by atoms with van der Waals surface area (Å²) in [5.74, 6) is -0.0694. The number of hydrogen-bond donors (Lipinski definition) is 2. The van der Waals surface area contributed by atoms with Crippen molar-refractivity contribution >= 4 is 5.84 Å². The Hall–Kier alpha value is -0.930. The van der Waals surface area contributed by atoms with Gasteiger partial charge in [0, 0.05) is 6.42 Å². The highest BCUT2D eigenvalue weighted by Crippen LogP contribution is 1.71. The van der Waals surface area contributed by atoms with E-state index < -0.39 is 0 Å². The van der Waals surface area contributed by atoms with E-state index in [4.69, 9.17) is 10.9 Å². The molecule has 0 amide bonds. The molecule has 0 unspecified atom stereocenters. The van der Waals surface area contributed by atoms with Gasteiger partial charge in [0.1, 0.15) is 0 Å². The molecule has 0 saturated heterocycles. The normalized spacial score (nSPS) is 13.3. The first-order valence-corrected chi connectivity index (χ1v) is 1.96. The first-order chi connectivity index (χ1) is 3.18. The fourth-order valence-corrected chi connectivity index (χ4v) is 0.135. The molecular formula is C3H8N2O2. The highest BCUT2D eigenvalue weighted by molar-refractivity contribution is 5.74. The molecule has 7 heavy (non-hydrogen) atoms. The molecular weight excluding hydrogens is 96.0 g/mol. The van der Waals surface area contributed by atoms with Crippen molar-refractivity contribution < 1.29 is 10.1 Å². The molecule has 42 valence electrons. The maximum absolute atomic E-state index is 9.68. The molecule has 0 rings (SSSR count). The number of rotatable bonds is 1. The third-order valence-corrected chi connectivity index (χ3v) is 0.608. The fourth-order valence-electron chi connectivity index (χ4n) is 0.135. The quantitative estimate of drug-likeness (QED) is 0.157. The zero-order valence-electron chi connectivity index (χ0n) is 4.09. The summed E-state index contributed by atoms with van der Waals surface area (Å²) in [6.45, 7) is 1.68. The van der Waals surface area contributed by atoms with Gasteiger partial charge in [-0.15, -0.1) is 0 Å². The lowest BCUT2D eigenvalue weighted by molar-refractivity contribution is -0.727. The summed E-state index contributed by atoms with van der Waals surface area (Å²) in [5.41, 5.74) is 4.90. The number of nitrogens with zero attached hydrogens (tertiary/aromatic N) is 1. The Balaban J connectivity index is 3.72. The Bertz CT molecular complexity index is 84.9. The van der Waals surface area contributed by atoms with Crippen molar-refractivity contribution in [1.82, 2.24) is 0 Å². The first-order valence-electron chi connectivity index (χ1n) is 1.96. The Morgan fingerprint density at radius 2 is 2.43 bits per heavy atom. The van der Waals surface area contributed by atoms with Gasteiger partial charge in [-0.05, 0) is 0 Å². The fraction of sp³-hybridized carbons (Fsp3) is 0.667. The van der Waals surface area contributed by atoms with Crippen molar-refractivity contribution in [2.45, 2.75) is 13.3 Å². The van der Waals surface area contributed by atoms with Crippen LogP contribution in [0.4, 0.5) is 0 Å². The highest BCUT2D eigenvalue weighted by Gasteiger charge is 1.92. The summed E-state index contributed by atoms with van der Waals surface area (Å²) in [6, 6.07) is 0. The molecule has 0 aliphatic heterocycles. The van der Waals surface area contributed by atoms with Crippen LogP contribution in [0.15, 0.2) is 0 Å². The molecule has 0 aromatic rings. The number of nitrogens with two attached hydrogens (primary N) is 1. The molecule has 0 atom stereocenters. The van der Waals surface area contributed by atoms with Gasteiger partial charge in [0.2, 0.25) is 0 Å². The van der Waals surface area contributed by atoms with Crippen LogP contribution in [0.3, 0.4) is 0 Å². The average molecular weight is 104 g/mol. The molecule has 0 aromatic carbocycles. The second-order valence-electron chi connectivity index (χ2n) is 1.12. The lowest BCUT2D eigenvalue weighted by Crippen LogP contribution is -2.20. The molecule has 0 aromatic heterocycles. The largest absolute Gasteiger partial charge is 0.491 e. The average Bonchev–Trinajstić information content (AvgIpc) is 1.65. The lowest BCUT2D eigenvalue weighted by Gasteiger charge is -1.93. The summed E-state index contributed by atoms with van der Waals surface area (Å²) in [4.78, 5) is -0.333. The predicted octanol–water partition coefficient (Wildman–Crippen LogP) is -0.347. The van der Waals surface area contributed by atoms with Crippen molar-refractivity contribution in [2.75, 3.05) is 0 Å². The first kappa shape index (κ1) is 6.07. The second kappa shape index (κ2) is 2.28. The van der Waals surface area contributed by atoms with Crippen molar-refractivity contribution in [1.29, 1.82) is 0 Å². The maximum Gasteiger partial charge on any atom is 0.287 e. The van der Waals surface area contributed by atoms with E-state index in [9.17, 15) is 5.21 Å². The van der Waals surface area contributed by atoms with Crippen LogP contribution in [0.1, 0.15) is 13.3 Å². The zero-order chi connectivity index (χ0) is 5.86. The van der Waals surface area contributed by atoms with Gasteiger partial charge in [-0.3, -0.25) is 5.73 Å². The predicted molar refractivity (Wildman–Crippen MR) is 24.9 cm³/mol. The van der Waals surface area contributed by atoms with Crippen molar-refractivity contribution in [3.8, 4) is 0 Å². The maximum atomic E-state index is 9.68. The van der Waals surface area contributed by atoms with Crippen LogP contribution in [0.2, 0.25) is 0 Å². The third kappa shape index (κ3) is 1.86. The summed E-state index contributed by atoms with van der Waals surface area (Å²) >= 11 is 0. The van der Waals surface area contributed by atoms with Gasteiger partial charge in [0.25, 0.3) is 5.84 Å². The van der Waals surface area contributed by atoms with Crippen molar-refractivity contribution in [3.63, 3.8) is 0 Å². The van der Waals surface area contributed by atoms with Crippen LogP contribution in [0.5, 0.6) is 0 Å². The minimum absolute atomic E-state index is 0.0694. The summed E-state index contributed by atoms with van der Waals surface area (Å²) in [7, 11) is 0. The molecule has 4 heteroatoms. The molecule has 0 saturated carbocycles. The van der Waals surface area contributed by atoms with Crippen LogP contribution in [0.25, 0.3) is 0 Å². The molecule has 0 radical (unpaired) electrons.